The third-order valence-electron chi connectivity index (χ3n) is 2.73. The van der Waals surface area contributed by atoms with Crippen molar-refractivity contribution in [3.05, 3.63) is 35.9 Å². The quantitative estimate of drug-likeness (QED) is 0.638. The largest absolute Gasteiger partial charge is 0.289 e. The van der Waals surface area contributed by atoms with Crippen molar-refractivity contribution in [2.45, 2.75) is 32.1 Å². The molecule has 0 amide bonds. The van der Waals surface area contributed by atoms with Crippen LogP contribution in [0.2, 0.25) is 0 Å². The predicted molar refractivity (Wildman–Crippen MR) is 60.9 cm³/mol. The van der Waals surface area contributed by atoms with E-state index in [0.717, 1.165) is 13.0 Å². The minimum Gasteiger partial charge on any atom is -0.289 e. The second kappa shape index (κ2) is 4.94. The number of rotatable bonds is 1. The molecule has 1 nitrogen and oxygen atoms in total. The molecule has 0 aromatic heterocycles. The lowest BCUT2D eigenvalue weighted by atomic mass is 10.0. The maximum Gasteiger partial charge on any atom is 0.0420 e. The molecule has 0 N–H and O–H groups in total. The zero-order valence-corrected chi connectivity index (χ0v) is 8.58. The second-order valence-electron chi connectivity index (χ2n) is 3.86. The monoisotopic (exact) mass is 187 g/mol. The van der Waals surface area contributed by atoms with Gasteiger partial charge in [0.05, 0.1) is 0 Å². The minimum atomic E-state index is 1.02. The average molecular weight is 187 g/mol. The summed E-state index contributed by atoms with van der Waals surface area (Å²) < 4.78 is 0. The fourth-order valence-corrected chi connectivity index (χ4v) is 1.92. The van der Waals surface area contributed by atoms with Crippen LogP contribution in [-0.4, -0.2) is 12.3 Å². The van der Waals surface area contributed by atoms with Gasteiger partial charge in [0.1, 0.15) is 0 Å². The zero-order chi connectivity index (χ0) is 9.64. The van der Waals surface area contributed by atoms with Gasteiger partial charge < -0.3 is 0 Å². The Balaban J connectivity index is 2.15. The molecule has 0 unspecified atom stereocenters. The molecule has 0 atom stereocenters. The fraction of sp³-hybridized carbons (Fsp3) is 0.462. The van der Waals surface area contributed by atoms with Crippen LogP contribution in [0.25, 0.3) is 0 Å². The van der Waals surface area contributed by atoms with E-state index in [2.05, 4.69) is 35.3 Å². The standard InChI is InChI=1S/C13H17N/c1-2-7-11-14-13(10-6-1)12-8-4-3-5-9-12/h3-5,8-9H,1-2,6-7,10-11H2. The van der Waals surface area contributed by atoms with Crippen molar-refractivity contribution in [3.8, 4) is 0 Å². The minimum absolute atomic E-state index is 1.02. The zero-order valence-electron chi connectivity index (χ0n) is 8.58. The average Bonchev–Trinajstić information content (AvgIpc) is 2.18. The van der Waals surface area contributed by atoms with Gasteiger partial charge in [0.15, 0.2) is 0 Å². The molecular formula is C13H17N. The maximum absolute atomic E-state index is 4.67. The van der Waals surface area contributed by atoms with Gasteiger partial charge in [-0.15, -0.1) is 0 Å². The van der Waals surface area contributed by atoms with Gasteiger partial charge in [0.25, 0.3) is 0 Å². The molecule has 0 spiro atoms. The molecule has 0 radical (unpaired) electrons. The van der Waals surface area contributed by atoms with Crippen LogP contribution in [0, 0.1) is 0 Å². The Bertz CT molecular complexity index is 300. The molecule has 1 aliphatic rings. The van der Waals surface area contributed by atoms with E-state index in [1.165, 1.54) is 37.0 Å². The predicted octanol–water partition coefficient (Wildman–Crippen LogP) is 3.44. The molecule has 1 heterocycles. The van der Waals surface area contributed by atoms with Crippen molar-refractivity contribution in [2.75, 3.05) is 6.54 Å². The van der Waals surface area contributed by atoms with Crippen LogP contribution in [0.15, 0.2) is 35.3 Å². The molecule has 2 rings (SSSR count). The molecule has 0 saturated carbocycles. The Kier molecular flexibility index (Phi) is 3.33. The van der Waals surface area contributed by atoms with Crippen molar-refractivity contribution in [1.82, 2.24) is 0 Å². The summed E-state index contributed by atoms with van der Waals surface area (Å²) in [5.41, 5.74) is 2.62. The number of nitrogens with zero attached hydrogens (tertiary/aromatic N) is 1. The highest BCUT2D eigenvalue weighted by Crippen LogP contribution is 2.13. The first-order valence-electron chi connectivity index (χ1n) is 5.55. The lowest BCUT2D eigenvalue weighted by Crippen LogP contribution is -2.04. The van der Waals surface area contributed by atoms with Crippen LogP contribution >= 0.6 is 0 Å². The van der Waals surface area contributed by atoms with Crippen LogP contribution in [0.5, 0.6) is 0 Å². The van der Waals surface area contributed by atoms with E-state index in [-0.39, 0.29) is 0 Å². The molecule has 0 fully saturated rings. The highest BCUT2D eigenvalue weighted by Gasteiger charge is 2.04. The molecule has 0 bridgehead atoms. The van der Waals surface area contributed by atoms with Gasteiger partial charge in [-0.1, -0.05) is 43.2 Å². The highest BCUT2D eigenvalue weighted by molar-refractivity contribution is 6.00. The third-order valence-corrected chi connectivity index (χ3v) is 2.73. The van der Waals surface area contributed by atoms with Crippen molar-refractivity contribution in [1.29, 1.82) is 0 Å². The van der Waals surface area contributed by atoms with Gasteiger partial charge in [-0.05, 0) is 24.8 Å². The lowest BCUT2D eigenvalue weighted by Gasteiger charge is -2.10. The summed E-state index contributed by atoms with van der Waals surface area (Å²) in [6.07, 6.45) is 6.44. The van der Waals surface area contributed by atoms with Gasteiger partial charge in [-0.25, -0.2) is 0 Å². The van der Waals surface area contributed by atoms with E-state index < -0.39 is 0 Å². The van der Waals surface area contributed by atoms with E-state index in [1.54, 1.807) is 0 Å². The number of hydrogen-bond donors (Lipinski definition) is 0. The molecule has 0 saturated heterocycles. The summed E-state index contributed by atoms with van der Waals surface area (Å²) in [5, 5.41) is 0. The van der Waals surface area contributed by atoms with E-state index in [4.69, 9.17) is 0 Å². The summed E-state index contributed by atoms with van der Waals surface area (Å²) in [4.78, 5) is 4.67. The van der Waals surface area contributed by atoms with Gasteiger partial charge >= 0.3 is 0 Å². The third kappa shape index (κ3) is 2.44. The van der Waals surface area contributed by atoms with Gasteiger partial charge in [-0.3, -0.25) is 4.99 Å². The van der Waals surface area contributed by atoms with Gasteiger partial charge in [0.2, 0.25) is 0 Å². The topological polar surface area (TPSA) is 12.4 Å². The Morgan fingerprint density at radius 3 is 2.50 bits per heavy atom. The first-order valence-corrected chi connectivity index (χ1v) is 5.55. The van der Waals surface area contributed by atoms with Crippen LogP contribution in [0.3, 0.4) is 0 Å². The Labute approximate surface area is 85.9 Å². The molecule has 1 aromatic rings. The molecule has 14 heavy (non-hydrogen) atoms. The van der Waals surface area contributed by atoms with Crippen LogP contribution in [0.1, 0.15) is 37.7 Å². The Hall–Kier alpha value is -1.11. The number of hydrogen-bond acceptors (Lipinski definition) is 1. The van der Waals surface area contributed by atoms with E-state index in [1.807, 2.05) is 0 Å². The molecule has 1 heteroatoms. The lowest BCUT2D eigenvalue weighted by molar-refractivity contribution is 0.644. The molecule has 74 valence electrons. The summed E-state index contributed by atoms with van der Waals surface area (Å²) in [6.45, 7) is 1.02. The highest BCUT2D eigenvalue weighted by atomic mass is 14.7. The Morgan fingerprint density at radius 2 is 1.64 bits per heavy atom. The van der Waals surface area contributed by atoms with E-state index in [0.29, 0.717) is 0 Å². The molecule has 1 aliphatic heterocycles. The SMILES string of the molecule is c1ccc(C2=NCCCCCC2)cc1. The second-order valence-corrected chi connectivity index (χ2v) is 3.86. The van der Waals surface area contributed by atoms with Gasteiger partial charge in [0, 0.05) is 12.3 Å². The summed E-state index contributed by atoms with van der Waals surface area (Å²) in [6, 6.07) is 10.6. The number of aliphatic imine (C=N–C) groups is 1. The summed E-state index contributed by atoms with van der Waals surface area (Å²) in [7, 11) is 0. The Morgan fingerprint density at radius 1 is 0.857 bits per heavy atom. The normalized spacial score (nSPS) is 18.1. The first kappa shape index (κ1) is 9.45. The van der Waals surface area contributed by atoms with Gasteiger partial charge in [-0.2, -0.15) is 0 Å². The molecule has 1 aromatic carbocycles. The smallest absolute Gasteiger partial charge is 0.0420 e. The first-order chi connectivity index (χ1) is 6.97. The van der Waals surface area contributed by atoms with Crippen LogP contribution in [0.4, 0.5) is 0 Å². The summed E-state index contributed by atoms with van der Waals surface area (Å²) >= 11 is 0. The van der Waals surface area contributed by atoms with Crippen LogP contribution in [-0.2, 0) is 0 Å². The molecule has 0 aliphatic carbocycles. The van der Waals surface area contributed by atoms with Crippen molar-refractivity contribution in [2.24, 2.45) is 4.99 Å². The van der Waals surface area contributed by atoms with Crippen LogP contribution < -0.4 is 0 Å². The number of benzene rings is 1. The van der Waals surface area contributed by atoms with Crippen molar-refractivity contribution >= 4 is 5.71 Å². The van der Waals surface area contributed by atoms with E-state index in [9.17, 15) is 0 Å². The van der Waals surface area contributed by atoms with Crippen molar-refractivity contribution < 1.29 is 0 Å². The summed E-state index contributed by atoms with van der Waals surface area (Å²) in [5.74, 6) is 0. The van der Waals surface area contributed by atoms with E-state index >= 15 is 0 Å². The van der Waals surface area contributed by atoms with Crippen molar-refractivity contribution in [3.63, 3.8) is 0 Å². The molecular weight excluding hydrogens is 170 g/mol. The maximum atomic E-state index is 4.67. The fourth-order valence-electron chi connectivity index (χ4n) is 1.92.